The lowest BCUT2D eigenvalue weighted by molar-refractivity contribution is -0.185. The van der Waals surface area contributed by atoms with Crippen LogP contribution in [0.1, 0.15) is 22.8 Å². The molecule has 7 nitrogen and oxygen atoms in total. The normalized spacial score (nSPS) is 12.0. The summed E-state index contributed by atoms with van der Waals surface area (Å²) in [5, 5.41) is 2.51. The number of alkyl halides is 3. The smallest absolute Gasteiger partial charge is 0.331 e. The van der Waals surface area contributed by atoms with E-state index in [2.05, 4.69) is 5.32 Å². The number of halogens is 4. The second-order valence-electron chi connectivity index (χ2n) is 6.90. The number of sulfonamides is 1. The first-order valence-corrected chi connectivity index (χ1v) is 11.1. The zero-order chi connectivity index (χ0) is 24.3. The zero-order valence-corrected chi connectivity index (χ0v) is 19.0. The molecular weight excluding hydrogens is 471 g/mol. The van der Waals surface area contributed by atoms with E-state index < -0.39 is 28.0 Å². The zero-order valence-electron chi connectivity index (χ0n) is 17.4. The van der Waals surface area contributed by atoms with Crippen molar-refractivity contribution in [3.63, 3.8) is 0 Å². The molecule has 0 unspecified atom stereocenters. The van der Waals surface area contributed by atoms with Gasteiger partial charge in [-0.3, -0.25) is 9.59 Å². The van der Waals surface area contributed by atoms with Crippen molar-refractivity contribution in [2.75, 3.05) is 26.0 Å². The van der Waals surface area contributed by atoms with Crippen molar-refractivity contribution in [1.29, 1.82) is 0 Å². The lowest BCUT2D eigenvalue weighted by atomic mass is 10.1. The maximum atomic E-state index is 12.7. The fourth-order valence-corrected chi connectivity index (χ4v) is 4.11. The lowest BCUT2D eigenvalue weighted by Crippen LogP contribution is -2.40. The monoisotopic (exact) mass is 491 g/mol. The number of anilines is 1. The van der Waals surface area contributed by atoms with Crippen LogP contribution < -0.4 is 5.32 Å². The number of carbonyl (C=O) groups is 2. The van der Waals surface area contributed by atoms with E-state index in [1.54, 1.807) is 0 Å². The van der Waals surface area contributed by atoms with E-state index in [0.29, 0.717) is 10.5 Å². The van der Waals surface area contributed by atoms with Gasteiger partial charge in [0.1, 0.15) is 4.90 Å². The maximum Gasteiger partial charge on any atom is 0.471 e. The van der Waals surface area contributed by atoms with Crippen molar-refractivity contribution in [2.24, 2.45) is 0 Å². The van der Waals surface area contributed by atoms with Crippen molar-refractivity contribution in [2.45, 2.75) is 24.5 Å². The van der Waals surface area contributed by atoms with Crippen LogP contribution in [0.2, 0.25) is 5.02 Å². The van der Waals surface area contributed by atoms with Gasteiger partial charge in [-0.1, -0.05) is 23.7 Å². The van der Waals surface area contributed by atoms with Crippen LogP contribution in [0.25, 0.3) is 0 Å². The van der Waals surface area contributed by atoms with Crippen LogP contribution in [0, 0.1) is 0 Å². The summed E-state index contributed by atoms with van der Waals surface area (Å²) in [7, 11) is -1.23. The molecule has 0 heterocycles. The quantitative estimate of drug-likeness (QED) is 0.639. The van der Waals surface area contributed by atoms with Gasteiger partial charge in [0.2, 0.25) is 10.0 Å². The van der Waals surface area contributed by atoms with Crippen molar-refractivity contribution in [3.8, 4) is 0 Å². The van der Waals surface area contributed by atoms with Crippen LogP contribution in [-0.2, 0) is 21.4 Å². The summed E-state index contributed by atoms with van der Waals surface area (Å²) in [5.74, 6) is -2.60. The molecule has 0 spiro atoms. The second-order valence-corrected chi connectivity index (χ2v) is 9.43. The minimum atomic E-state index is -4.99. The summed E-state index contributed by atoms with van der Waals surface area (Å²) >= 11 is 5.98. The molecule has 0 saturated heterocycles. The third kappa shape index (κ3) is 5.99. The Hall–Kier alpha value is -2.63. The Labute approximate surface area is 188 Å². The molecule has 0 aliphatic heterocycles. The van der Waals surface area contributed by atoms with Gasteiger partial charge in [-0.05, 0) is 42.8 Å². The Morgan fingerprint density at radius 3 is 2.31 bits per heavy atom. The van der Waals surface area contributed by atoms with Gasteiger partial charge < -0.3 is 10.2 Å². The average molecular weight is 492 g/mol. The van der Waals surface area contributed by atoms with Crippen LogP contribution in [0.5, 0.6) is 0 Å². The van der Waals surface area contributed by atoms with E-state index in [4.69, 9.17) is 11.6 Å². The van der Waals surface area contributed by atoms with E-state index in [9.17, 15) is 31.2 Å². The summed E-state index contributed by atoms with van der Waals surface area (Å²) in [5.41, 5.74) is 0.645. The number of rotatable bonds is 7. The van der Waals surface area contributed by atoms with Gasteiger partial charge in [-0.15, -0.1) is 0 Å². The summed E-state index contributed by atoms with van der Waals surface area (Å²) in [4.78, 5) is 24.5. The molecule has 12 heteroatoms. The molecule has 1 N–H and O–H groups in total. The minimum Gasteiger partial charge on any atom is -0.331 e. The molecule has 0 aliphatic rings. The van der Waals surface area contributed by atoms with Crippen LogP contribution >= 0.6 is 11.6 Å². The van der Waals surface area contributed by atoms with Crippen LogP contribution in [0.4, 0.5) is 18.9 Å². The molecule has 0 saturated carbocycles. The topological polar surface area (TPSA) is 86.8 Å². The van der Waals surface area contributed by atoms with E-state index in [0.717, 1.165) is 10.4 Å². The fraction of sp³-hybridized carbons (Fsp3) is 0.300. The highest BCUT2D eigenvalue weighted by Gasteiger charge is 2.41. The Kier molecular flexibility index (Phi) is 7.92. The highest BCUT2D eigenvalue weighted by atomic mass is 35.5. The maximum absolute atomic E-state index is 12.7. The summed E-state index contributed by atoms with van der Waals surface area (Å²) < 4.78 is 63.9. The van der Waals surface area contributed by atoms with E-state index >= 15 is 0 Å². The van der Waals surface area contributed by atoms with E-state index in [1.165, 1.54) is 57.4 Å². The number of nitrogens with zero attached hydrogens (tertiary/aromatic N) is 2. The number of hydrogen-bond acceptors (Lipinski definition) is 4. The summed E-state index contributed by atoms with van der Waals surface area (Å²) in [6.45, 7) is 0.975. The number of carbonyl (C=O) groups excluding carboxylic acids is 2. The minimum absolute atomic E-state index is 0.0164. The van der Waals surface area contributed by atoms with Crippen LogP contribution in [0.15, 0.2) is 47.4 Å². The van der Waals surface area contributed by atoms with Crippen molar-refractivity contribution < 1.29 is 31.2 Å². The standard InChI is InChI=1S/C20H21ClF3N3O4S/c1-4-27(19(29)20(22,23)24)12-13-6-5-7-15(10-13)25-18(28)14-8-9-16(21)17(11-14)32(30,31)26(2)3/h5-11H,4,12H2,1-3H3,(H,25,28). The predicted octanol–water partition coefficient (Wildman–Crippen LogP) is 3.75. The molecule has 0 radical (unpaired) electrons. The van der Waals surface area contributed by atoms with E-state index in [-0.39, 0.29) is 34.3 Å². The molecule has 0 fully saturated rings. The van der Waals surface area contributed by atoms with E-state index in [1.807, 2.05) is 0 Å². The highest BCUT2D eigenvalue weighted by Crippen LogP contribution is 2.26. The largest absolute Gasteiger partial charge is 0.471 e. The third-order valence-corrected chi connectivity index (χ3v) is 6.72. The van der Waals surface area contributed by atoms with Gasteiger partial charge in [0.15, 0.2) is 0 Å². The molecule has 0 bridgehead atoms. The predicted molar refractivity (Wildman–Crippen MR) is 114 cm³/mol. The SMILES string of the molecule is CCN(Cc1cccc(NC(=O)c2ccc(Cl)c(S(=O)(=O)N(C)C)c2)c1)C(=O)C(F)(F)F. The molecular formula is C20H21ClF3N3O4S. The molecule has 0 aromatic heterocycles. The van der Waals surface area contributed by atoms with Gasteiger partial charge >= 0.3 is 12.1 Å². The Balaban J connectivity index is 2.24. The Bertz CT molecular complexity index is 1120. The number of hydrogen-bond donors (Lipinski definition) is 1. The first-order chi connectivity index (χ1) is 14.8. The van der Waals surface area contributed by atoms with Crippen LogP contribution in [-0.4, -0.2) is 56.3 Å². The first kappa shape index (κ1) is 25.6. The molecule has 0 atom stereocenters. The number of nitrogens with one attached hydrogen (secondary N) is 1. The fourth-order valence-electron chi connectivity index (χ4n) is 2.72. The molecule has 2 rings (SSSR count). The lowest BCUT2D eigenvalue weighted by Gasteiger charge is -2.22. The Morgan fingerprint density at radius 2 is 1.75 bits per heavy atom. The van der Waals surface area contributed by atoms with Gasteiger partial charge in [0.05, 0.1) is 5.02 Å². The molecule has 2 aromatic rings. The van der Waals surface area contributed by atoms with Gasteiger partial charge in [0, 0.05) is 38.4 Å². The van der Waals surface area contributed by atoms with Gasteiger partial charge in [-0.25, -0.2) is 12.7 Å². The van der Waals surface area contributed by atoms with Crippen molar-refractivity contribution in [1.82, 2.24) is 9.21 Å². The summed E-state index contributed by atoms with van der Waals surface area (Å²) in [6.07, 6.45) is -4.99. The van der Waals surface area contributed by atoms with Gasteiger partial charge in [0.25, 0.3) is 5.91 Å². The molecule has 32 heavy (non-hydrogen) atoms. The second kappa shape index (κ2) is 9.88. The number of benzene rings is 2. The summed E-state index contributed by atoms with van der Waals surface area (Å²) in [6, 6.07) is 9.74. The molecule has 0 aliphatic carbocycles. The molecule has 2 aromatic carbocycles. The highest BCUT2D eigenvalue weighted by molar-refractivity contribution is 7.89. The van der Waals surface area contributed by atoms with Crippen LogP contribution in [0.3, 0.4) is 0 Å². The molecule has 174 valence electrons. The van der Waals surface area contributed by atoms with Crippen molar-refractivity contribution in [3.05, 3.63) is 58.6 Å². The van der Waals surface area contributed by atoms with Gasteiger partial charge in [-0.2, -0.15) is 13.2 Å². The number of amides is 2. The van der Waals surface area contributed by atoms with Crippen molar-refractivity contribution >= 4 is 39.1 Å². The first-order valence-electron chi connectivity index (χ1n) is 9.25. The average Bonchev–Trinajstić information content (AvgIpc) is 2.71. The third-order valence-electron chi connectivity index (χ3n) is 4.42. The molecule has 2 amide bonds. The Morgan fingerprint density at radius 1 is 1.09 bits per heavy atom.